The Morgan fingerprint density at radius 2 is 2.00 bits per heavy atom. The summed E-state index contributed by atoms with van der Waals surface area (Å²) in [5.74, 6) is 0.299. The molecule has 0 aliphatic rings. The van der Waals surface area contributed by atoms with Gasteiger partial charge in [0.25, 0.3) is 0 Å². The van der Waals surface area contributed by atoms with E-state index in [0.29, 0.717) is 12.5 Å². The van der Waals surface area contributed by atoms with E-state index in [1.165, 1.54) is 10.5 Å². The van der Waals surface area contributed by atoms with Gasteiger partial charge in [0.15, 0.2) is 0 Å². The Hall–Kier alpha value is -0.960. The lowest BCUT2D eigenvalue weighted by Crippen LogP contribution is -2.14. The van der Waals surface area contributed by atoms with Crippen molar-refractivity contribution in [2.45, 2.75) is 44.9 Å². The molecule has 0 N–H and O–H groups in total. The molecule has 0 spiro atoms. The molecule has 1 rings (SSSR count). The molecular weight excluding hydrogens is 256 g/mol. The van der Waals surface area contributed by atoms with E-state index in [1.807, 2.05) is 13.8 Å². The third kappa shape index (κ3) is 4.57. The number of hydrogen-bond donors (Lipinski definition) is 0. The van der Waals surface area contributed by atoms with Crippen LogP contribution < -0.4 is 0 Å². The zero-order valence-corrected chi connectivity index (χ0v) is 13.3. The van der Waals surface area contributed by atoms with Gasteiger partial charge in [-0.15, -0.1) is 11.8 Å². The molecule has 1 aromatic carbocycles. The highest BCUT2D eigenvalue weighted by Gasteiger charge is 2.19. The van der Waals surface area contributed by atoms with Gasteiger partial charge in [0.05, 0.1) is 12.5 Å². The first-order valence-electron chi connectivity index (χ1n) is 6.83. The minimum Gasteiger partial charge on any atom is -0.466 e. The van der Waals surface area contributed by atoms with E-state index in [0.717, 1.165) is 12.0 Å². The maximum atomic E-state index is 11.8. The van der Waals surface area contributed by atoms with Crippen molar-refractivity contribution in [2.24, 2.45) is 5.92 Å². The minimum absolute atomic E-state index is 0.144. The van der Waals surface area contributed by atoms with E-state index >= 15 is 0 Å². The highest BCUT2D eigenvalue weighted by atomic mass is 32.2. The normalized spacial score (nSPS) is 12.5. The maximum Gasteiger partial charge on any atom is 0.313 e. The first-order valence-corrected chi connectivity index (χ1v) is 8.05. The van der Waals surface area contributed by atoms with Crippen LogP contribution in [0.4, 0.5) is 0 Å². The Labute approximate surface area is 120 Å². The summed E-state index contributed by atoms with van der Waals surface area (Å²) < 4.78 is 5.10. The van der Waals surface area contributed by atoms with Crippen molar-refractivity contribution >= 4 is 17.7 Å². The molecule has 0 saturated carbocycles. The van der Waals surface area contributed by atoms with Crippen LogP contribution in [0.2, 0.25) is 0 Å². The molecule has 106 valence electrons. The van der Waals surface area contributed by atoms with Gasteiger partial charge in [0.2, 0.25) is 0 Å². The monoisotopic (exact) mass is 280 g/mol. The second-order valence-corrected chi connectivity index (χ2v) is 6.00. The molecule has 0 saturated heterocycles. The third-order valence-corrected chi connectivity index (χ3v) is 3.84. The van der Waals surface area contributed by atoms with Crippen molar-refractivity contribution < 1.29 is 9.53 Å². The molecule has 0 aliphatic carbocycles. The molecule has 1 unspecified atom stereocenters. The van der Waals surface area contributed by atoms with Crippen LogP contribution >= 0.6 is 11.8 Å². The lowest BCUT2D eigenvalue weighted by molar-refractivity contribution is -0.144. The average molecular weight is 280 g/mol. The van der Waals surface area contributed by atoms with Crippen LogP contribution in [0.1, 0.15) is 44.7 Å². The van der Waals surface area contributed by atoms with E-state index < -0.39 is 0 Å². The Morgan fingerprint density at radius 3 is 2.53 bits per heavy atom. The molecule has 0 bridgehead atoms. The molecule has 3 heteroatoms. The maximum absolute atomic E-state index is 11.8. The molecule has 0 aliphatic heterocycles. The molecule has 2 nitrogen and oxygen atoms in total. The molecule has 1 atom stereocenters. The van der Waals surface area contributed by atoms with Gasteiger partial charge in [-0.25, -0.2) is 0 Å². The van der Waals surface area contributed by atoms with Gasteiger partial charge in [-0.2, -0.15) is 0 Å². The van der Waals surface area contributed by atoms with Gasteiger partial charge in [-0.1, -0.05) is 26.0 Å². The summed E-state index contributed by atoms with van der Waals surface area (Å²) in [6, 6.07) is 6.41. The van der Waals surface area contributed by atoms with Crippen LogP contribution in [0, 0.1) is 5.92 Å². The summed E-state index contributed by atoms with van der Waals surface area (Å²) in [5, 5.41) is 0. The lowest BCUT2D eigenvalue weighted by Gasteiger charge is -2.16. The average Bonchev–Trinajstić information content (AvgIpc) is 2.37. The molecule has 0 fully saturated rings. The lowest BCUT2D eigenvalue weighted by atomic mass is 9.96. The summed E-state index contributed by atoms with van der Waals surface area (Å²) in [4.78, 5) is 13.0. The van der Waals surface area contributed by atoms with Crippen LogP contribution in [0.25, 0.3) is 0 Å². The van der Waals surface area contributed by atoms with E-state index in [4.69, 9.17) is 4.74 Å². The number of benzene rings is 1. The number of hydrogen-bond acceptors (Lipinski definition) is 3. The zero-order chi connectivity index (χ0) is 14.4. The van der Waals surface area contributed by atoms with Gasteiger partial charge < -0.3 is 4.74 Å². The molecule has 0 amide bonds. The molecule has 0 radical (unpaired) electrons. The van der Waals surface area contributed by atoms with Crippen LogP contribution in [0.3, 0.4) is 0 Å². The second-order valence-electron chi connectivity index (χ2n) is 5.15. The quantitative estimate of drug-likeness (QED) is 0.575. The Morgan fingerprint density at radius 1 is 1.32 bits per heavy atom. The van der Waals surface area contributed by atoms with Crippen molar-refractivity contribution in [1.82, 2.24) is 0 Å². The summed E-state index contributed by atoms with van der Waals surface area (Å²) in [7, 11) is 0. The summed E-state index contributed by atoms with van der Waals surface area (Å²) in [6.45, 7) is 8.62. The van der Waals surface area contributed by atoms with Crippen LogP contribution in [-0.2, 0) is 16.0 Å². The first kappa shape index (κ1) is 16.1. The number of carbonyl (C=O) groups is 1. The van der Waals surface area contributed by atoms with Crippen molar-refractivity contribution in [3.8, 4) is 0 Å². The Kier molecular flexibility index (Phi) is 6.43. The largest absolute Gasteiger partial charge is 0.466 e. The third-order valence-electron chi connectivity index (χ3n) is 3.05. The standard InChI is InChI=1S/C16H24O2S/c1-6-18-16(17)12(4)14-8-7-13(9-11(2)3)10-15(14)19-5/h7-8,10-12H,6,9H2,1-5H3. The smallest absolute Gasteiger partial charge is 0.313 e. The molecular formula is C16H24O2S. The van der Waals surface area contributed by atoms with Gasteiger partial charge in [-0.05, 0) is 49.6 Å². The van der Waals surface area contributed by atoms with Crippen molar-refractivity contribution in [1.29, 1.82) is 0 Å². The van der Waals surface area contributed by atoms with Gasteiger partial charge >= 0.3 is 5.97 Å². The topological polar surface area (TPSA) is 26.3 Å². The van der Waals surface area contributed by atoms with E-state index in [2.05, 4.69) is 38.3 Å². The Bertz CT molecular complexity index is 427. The van der Waals surface area contributed by atoms with Crippen molar-refractivity contribution in [2.75, 3.05) is 12.9 Å². The fourth-order valence-electron chi connectivity index (χ4n) is 2.11. The van der Waals surface area contributed by atoms with Gasteiger partial charge in [0, 0.05) is 4.90 Å². The summed E-state index contributed by atoms with van der Waals surface area (Å²) in [6.07, 6.45) is 3.12. The Balaban J connectivity index is 2.98. The van der Waals surface area contributed by atoms with E-state index in [9.17, 15) is 4.79 Å². The zero-order valence-electron chi connectivity index (χ0n) is 12.5. The number of rotatable bonds is 6. The van der Waals surface area contributed by atoms with Crippen molar-refractivity contribution in [3.05, 3.63) is 29.3 Å². The second kappa shape index (κ2) is 7.59. The molecule has 1 aromatic rings. The summed E-state index contributed by atoms with van der Waals surface area (Å²) in [5.41, 5.74) is 2.40. The molecule has 19 heavy (non-hydrogen) atoms. The highest BCUT2D eigenvalue weighted by molar-refractivity contribution is 7.98. The van der Waals surface area contributed by atoms with E-state index in [1.54, 1.807) is 11.8 Å². The van der Waals surface area contributed by atoms with Crippen LogP contribution in [-0.4, -0.2) is 18.8 Å². The minimum atomic E-state index is -0.199. The summed E-state index contributed by atoms with van der Waals surface area (Å²) >= 11 is 1.69. The molecule has 0 aromatic heterocycles. The van der Waals surface area contributed by atoms with Gasteiger partial charge in [0.1, 0.15) is 0 Å². The fraction of sp³-hybridized carbons (Fsp3) is 0.562. The SMILES string of the molecule is CCOC(=O)C(C)c1ccc(CC(C)C)cc1SC. The molecule has 0 heterocycles. The van der Waals surface area contributed by atoms with Gasteiger partial charge in [-0.3, -0.25) is 4.79 Å². The highest BCUT2D eigenvalue weighted by Crippen LogP contribution is 2.29. The predicted molar refractivity (Wildman–Crippen MR) is 81.8 cm³/mol. The van der Waals surface area contributed by atoms with Crippen LogP contribution in [0.15, 0.2) is 23.1 Å². The number of thioether (sulfide) groups is 1. The number of carbonyl (C=O) groups excluding carboxylic acids is 1. The van der Waals surface area contributed by atoms with Crippen molar-refractivity contribution in [3.63, 3.8) is 0 Å². The van der Waals surface area contributed by atoms with Crippen LogP contribution in [0.5, 0.6) is 0 Å². The number of esters is 1. The fourth-order valence-corrected chi connectivity index (χ4v) is 2.86. The number of ether oxygens (including phenoxy) is 1. The van der Waals surface area contributed by atoms with E-state index in [-0.39, 0.29) is 11.9 Å². The predicted octanol–water partition coefficient (Wildman–Crippen LogP) is 4.27. The first-order chi connectivity index (χ1) is 8.99.